The van der Waals surface area contributed by atoms with E-state index >= 15 is 0 Å². The Kier molecular flexibility index (Phi) is 3.76. The van der Waals surface area contributed by atoms with Gasteiger partial charge in [0.2, 0.25) is 0 Å². The first-order valence-corrected chi connectivity index (χ1v) is 9.54. The third-order valence-electron chi connectivity index (χ3n) is 4.87. The summed E-state index contributed by atoms with van der Waals surface area (Å²) in [5, 5.41) is 2.09. The highest BCUT2D eigenvalue weighted by atomic mass is 32.1. The standard InChI is InChI=1S/C19H18N6S/c1-13-17(25-7-8-26-19(25)22-13)12-24-6-4-16-15(11-24)10-21-18(23-16)14-3-2-5-20-9-14/h2-3,5,7-10H,4,6,11-12H2,1H3. The Balaban J connectivity index is 1.39. The Labute approximate surface area is 155 Å². The van der Waals surface area contributed by atoms with Gasteiger partial charge in [0.1, 0.15) is 0 Å². The second-order valence-electron chi connectivity index (χ2n) is 6.57. The van der Waals surface area contributed by atoms with Gasteiger partial charge in [-0.1, -0.05) is 0 Å². The second kappa shape index (κ2) is 6.26. The predicted molar refractivity (Wildman–Crippen MR) is 101 cm³/mol. The van der Waals surface area contributed by atoms with E-state index in [2.05, 4.69) is 42.8 Å². The molecule has 5 heterocycles. The van der Waals surface area contributed by atoms with Crippen LogP contribution in [-0.2, 0) is 19.5 Å². The third kappa shape index (κ3) is 2.69. The molecule has 130 valence electrons. The minimum atomic E-state index is 0.761. The number of rotatable bonds is 3. The van der Waals surface area contributed by atoms with Gasteiger partial charge in [0, 0.05) is 67.3 Å². The summed E-state index contributed by atoms with van der Waals surface area (Å²) in [7, 11) is 0. The fourth-order valence-corrected chi connectivity index (χ4v) is 4.27. The van der Waals surface area contributed by atoms with Gasteiger partial charge < -0.3 is 0 Å². The molecule has 0 aliphatic carbocycles. The van der Waals surface area contributed by atoms with Gasteiger partial charge in [-0.2, -0.15) is 0 Å². The molecule has 0 N–H and O–H groups in total. The predicted octanol–water partition coefficient (Wildman–Crippen LogP) is 3.11. The van der Waals surface area contributed by atoms with Crippen molar-refractivity contribution in [3.63, 3.8) is 0 Å². The lowest BCUT2D eigenvalue weighted by molar-refractivity contribution is 0.239. The second-order valence-corrected chi connectivity index (χ2v) is 7.44. The normalized spacial score (nSPS) is 14.7. The average molecular weight is 362 g/mol. The highest BCUT2D eigenvalue weighted by Crippen LogP contribution is 2.24. The first-order valence-electron chi connectivity index (χ1n) is 8.66. The van der Waals surface area contributed by atoms with Crippen LogP contribution in [0.4, 0.5) is 0 Å². The third-order valence-corrected chi connectivity index (χ3v) is 5.62. The molecule has 1 aliphatic rings. The van der Waals surface area contributed by atoms with Crippen LogP contribution in [0.5, 0.6) is 0 Å². The molecule has 4 aromatic rings. The fourth-order valence-electron chi connectivity index (χ4n) is 3.49. The highest BCUT2D eigenvalue weighted by Gasteiger charge is 2.21. The van der Waals surface area contributed by atoms with Gasteiger partial charge in [-0.25, -0.2) is 15.0 Å². The van der Waals surface area contributed by atoms with Crippen molar-refractivity contribution in [1.29, 1.82) is 0 Å². The molecule has 1 aliphatic heterocycles. The zero-order chi connectivity index (χ0) is 17.5. The average Bonchev–Trinajstić information content (AvgIpc) is 3.24. The first kappa shape index (κ1) is 15.6. The molecular weight excluding hydrogens is 344 g/mol. The van der Waals surface area contributed by atoms with Crippen LogP contribution in [0.15, 0.2) is 42.3 Å². The van der Waals surface area contributed by atoms with E-state index in [9.17, 15) is 0 Å². The number of imidazole rings is 1. The summed E-state index contributed by atoms with van der Waals surface area (Å²) in [6.45, 7) is 4.86. The van der Waals surface area contributed by atoms with E-state index in [-0.39, 0.29) is 0 Å². The van der Waals surface area contributed by atoms with Crippen molar-refractivity contribution in [2.45, 2.75) is 26.4 Å². The maximum Gasteiger partial charge on any atom is 0.194 e. The van der Waals surface area contributed by atoms with Crippen molar-refractivity contribution in [3.8, 4) is 11.4 Å². The summed E-state index contributed by atoms with van der Waals surface area (Å²) in [6, 6.07) is 3.91. The summed E-state index contributed by atoms with van der Waals surface area (Å²) in [6.07, 6.45) is 8.60. The van der Waals surface area contributed by atoms with Crippen molar-refractivity contribution in [1.82, 2.24) is 29.2 Å². The van der Waals surface area contributed by atoms with E-state index < -0.39 is 0 Å². The van der Waals surface area contributed by atoms with Gasteiger partial charge in [-0.05, 0) is 19.1 Å². The smallest absolute Gasteiger partial charge is 0.194 e. The molecule has 0 saturated heterocycles. The minimum Gasteiger partial charge on any atom is -0.293 e. The molecule has 4 aromatic heterocycles. The molecule has 0 aromatic carbocycles. The summed E-state index contributed by atoms with van der Waals surface area (Å²) >= 11 is 1.68. The maximum absolute atomic E-state index is 4.78. The van der Waals surface area contributed by atoms with Gasteiger partial charge in [-0.15, -0.1) is 11.3 Å². The number of fused-ring (bicyclic) bond motifs is 2. The lowest BCUT2D eigenvalue weighted by atomic mass is 10.1. The molecule has 0 radical (unpaired) electrons. The zero-order valence-corrected chi connectivity index (χ0v) is 15.3. The molecule has 0 fully saturated rings. The molecular formula is C19H18N6S. The molecule has 0 spiro atoms. The maximum atomic E-state index is 4.78. The zero-order valence-electron chi connectivity index (χ0n) is 14.5. The lowest BCUT2D eigenvalue weighted by Crippen LogP contribution is -2.31. The number of thiazole rings is 1. The van der Waals surface area contributed by atoms with Gasteiger partial charge >= 0.3 is 0 Å². The molecule has 0 saturated carbocycles. The van der Waals surface area contributed by atoms with Crippen molar-refractivity contribution in [2.75, 3.05) is 6.54 Å². The Morgan fingerprint density at radius 3 is 3.08 bits per heavy atom. The fraction of sp³-hybridized carbons (Fsp3) is 0.263. The van der Waals surface area contributed by atoms with Gasteiger partial charge in [0.05, 0.1) is 17.1 Å². The minimum absolute atomic E-state index is 0.761. The Bertz CT molecular complexity index is 1070. The van der Waals surface area contributed by atoms with Crippen LogP contribution in [0.2, 0.25) is 0 Å². The topological polar surface area (TPSA) is 59.2 Å². The number of pyridine rings is 1. The van der Waals surface area contributed by atoms with Gasteiger partial charge in [-0.3, -0.25) is 14.3 Å². The van der Waals surface area contributed by atoms with Crippen molar-refractivity contribution in [2.24, 2.45) is 0 Å². The van der Waals surface area contributed by atoms with Crippen LogP contribution < -0.4 is 0 Å². The molecule has 26 heavy (non-hydrogen) atoms. The number of hydrogen-bond donors (Lipinski definition) is 0. The lowest BCUT2D eigenvalue weighted by Gasteiger charge is -2.28. The molecule has 0 bridgehead atoms. The van der Waals surface area contributed by atoms with Crippen LogP contribution in [-0.4, -0.2) is 35.8 Å². The SMILES string of the molecule is Cc1nc2sccn2c1CN1CCc2nc(-c3cccnc3)ncc2C1. The van der Waals surface area contributed by atoms with Gasteiger partial charge in [0.15, 0.2) is 10.8 Å². The number of hydrogen-bond acceptors (Lipinski definition) is 6. The summed E-state index contributed by atoms with van der Waals surface area (Å²) in [4.78, 5) is 21.7. The number of aryl methyl sites for hydroxylation is 1. The Morgan fingerprint density at radius 2 is 2.19 bits per heavy atom. The number of aromatic nitrogens is 5. The molecule has 0 amide bonds. The van der Waals surface area contributed by atoms with Crippen LogP contribution in [0.25, 0.3) is 16.3 Å². The monoisotopic (exact) mass is 362 g/mol. The van der Waals surface area contributed by atoms with E-state index in [1.807, 2.05) is 24.5 Å². The summed E-state index contributed by atoms with van der Waals surface area (Å²) < 4.78 is 2.21. The van der Waals surface area contributed by atoms with Crippen LogP contribution in [0, 0.1) is 6.92 Å². The van der Waals surface area contributed by atoms with E-state index in [1.165, 1.54) is 11.3 Å². The van der Waals surface area contributed by atoms with Crippen LogP contribution in [0.1, 0.15) is 22.6 Å². The van der Waals surface area contributed by atoms with Crippen LogP contribution >= 0.6 is 11.3 Å². The van der Waals surface area contributed by atoms with Crippen molar-refractivity contribution < 1.29 is 0 Å². The largest absolute Gasteiger partial charge is 0.293 e. The quantitative estimate of drug-likeness (QED) is 0.560. The Hall–Kier alpha value is -2.64. The molecule has 0 unspecified atom stereocenters. The molecule has 0 atom stereocenters. The number of nitrogens with zero attached hydrogens (tertiary/aromatic N) is 6. The van der Waals surface area contributed by atoms with Crippen LogP contribution in [0.3, 0.4) is 0 Å². The van der Waals surface area contributed by atoms with Crippen molar-refractivity contribution >= 4 is 16.3 Å². The van der Waals surface area contributed by atoms with E-state index in [0.29, 0.717) is 0 Å². The van der Waals surface area contributed by atoms with E-state index in [1.54, 1.807) is 17.5 Å². The van der Waals surface area contributed by atoms with E-state index in [4.69, 9.17) is 4.98 Å². The highest BCUT2D eigenvalue weighted by molar-refractivity contribution is 7.15. The molecule has 7 heteroatoms. The van der Waals surface area contributed by atoms with E-state index in [0.717, 1.165) is 53.8 Å². The molecule has 6 nitrogen and oxygen atoms in total. The van der Waals surface area contributed by atoms with Gasteiger partial charge in [0.25, 0.3) is 0 Å². The summed E-state index contributed by atoms with van der Waals surface area (Å²) in [5.41, 5.74) is 5.73. The summed E-state index contributed by atoms with van der Waals surface area (Å²) in [5.74, 6) is 0.761. The Morgan fingerprint density at radius 1 is 1.23 bits per heavy atom. The molecule has 5 rings (SSSR count). The first-order chi connectivity index (χ1) is 12.8. The van der Waals surface area contributed by atoms with Crippen molar-refractivity contribution in [3.05, 3.63) is 64.9 Å².